The number of hydrogen-bond acceptors (Lipinski definition) is 4. The second-order valence-corrected chi connectivity index (χ2v) is 4.48. The maximum absolute atomic E-state index is 13.2. The largest absolute Gasteiger partial charge is 0.480 e. The van der Waals surface area contributed by atoms with Crippen molar-refractivity contribution in [3.8, 4) is 0 Å². The van der Waals surface area contributed by atoms with Crippen LogP contribution in [0.15, 0.2) is 18.2 Å². The lowest BCUT2D eigenvalue weighted by molar-refractivity contribution is -0.385. The molecule has 0 spiro atoms. The van der Waals surface area contributed by atoms with Crippen LogP contribution in [0.4, 0.5) is 10.1 Å². The predicted octanol–water partition coefficient (Wildman–Crippen LogP) is 2.47. The smallest absolute Gasteiger partial charge is 0.323 e. The van der Waals surface area contributed by atoms with Gasteiger partial charge in [0, 0.05) is 18.2 Å². The minimum atomic E-state index is -1.17. The Morgan fingerprint density at radius 2 is 2.05 bits per heavy atom. The first-order chi connectivity index (χ1) is 9.36. The van der Waals surface area contributed by atoms with Crippen molar-refractivity contribution in [3.63, 3.8) is 0 Å². The van der Waals surface area contributed by atoms with E-state index in [1.807, 2.05) is 0 Å². The van der Waals surface area contributed by atoms with Gasteiger partial charge in [0.25, 0.3) is 5.69 Å². The van der Waals surface area contributed by atoms with E-state index in [0.29, 0.717) is 12.8 Å². The third-order valence-corrected chi connectivity index (χ3v) is 3.47. The zero-order valence-electron chi connectivity index (χ0n) is 11.4. The molecule has 6 nitrogen and oxygen atoms in total. The monoisotopic (exact) mass is 284 g/mol. The quantitative estimate of drug-likeness (QED) is 0.592. The normalized spacial score (nSPS) is 11.3. The average Bonchev–Trinajstić information content (AvgIpc) is 2.39. The van der Waals surface area contributed by atoms with E-state index in [9.17, 15) is 24.4 Å². The molecule has 0 bridgehead atoms. The van der Waals surface area contributed by atoms with E-state index in [2.05, 4.69) is 5.32 Å². The van der Waals surface area contributed by atoms with Gasteiger partial charge in [0.05, 0.1) is 4.92 Å². The van der Waals surface area contributed by atoms with Gasteiger partial charge in [-0.2, -0.15) is 0 Å². The lowest BCUT2D eigenvalue weighted by Gasteiger charge is -2.28. The van der Waals surface area contributed by atoms with E-state index in [1.165, 1.54) is 0 Å². The molecule has 0 unspecified atom stereocenters. The number of halogens is 1. The van der Waals surface area contributed by atoms with Crippen molar-refractivity contribution < 1.29 is 19.2 Å². The molecule has 0 saturated heterocycles. The van der Waals surface area contributed by atoms with E-state index < -0.39 is 22.2 Å². The predicted molar refractivity (Wildman–Crippen MR) is 70.8 cm³/mol. The van der Waals surface area contributed by atoms with Crippen LogP contribution in [0.1, 0.15) is 32.3 Å². The number of nitrogens with zero attached hydrogens (tertiary/aromatic N) is 1. The Morgan fingerprint density at radius 1 is 1.45 bits per heavy atom. The second kappa shape index (κ2) is 6.42. The van der Waals surface area contributed by atoms with Crippen molar-refractivity contribution in [1.82, 2.24) is 5.32 Å². The van der Waals surface area contributed by atoms with Gasteiger partial charge in [0.15, 0.2) is 0 Å². The molecule has 0 heterocycles. The SMILES string of the molecule is CCC(CC)(NCc1cc(F)ccc1[N+](=O)[O-])C(=O)O. The Kier molecular flexibility index (Phi) is 5.15. The van der Waals surface area contributed by atoms with Gasteiger partial charge in [-0.05, 0) is 25.0 Å². The number of nitro benzene ring substituents is 1. The van der Waals surface area contributed by atoms with Crippen molar-refractivity contribution in [2.75, 3.05) is 0 Å². The Hall–Kier alpha value is -2.02. The summed E-state index contributed by atoms with van der Waals surface area (Å²) < 4.78 is 13.2. The Balaban J connectivity index is 3.01. The van der Waals surface area contributed by atoms with Gasteiger partial charge < -0.3 is 5.11 Å². The first kappa shape index (κ1) is 16.0. The second-order valence-electron chi connectivity index (χ2n) is 4.48. The van der Waals surface area contributed by atoms with Crippen LogP contribution in [0.2, 0.25) is 0 Å². The summed E-state index contributed by atoms with van der Waals surface area (Å²) in [7, 11) is 0. The molecular formula is C13H17FN2O4. The standard InChI is InChI=1S/C13H17FN2O4/c1-3-13(4-2,12(17)18)15-8-9-7-10(14)5-6-11(9)16(19)20/h5-7,15H,3-4,8H2,1-2H3,(H,17,18). The zero-order chi connectivity index (χ0) is 15.3. The summed E-state index contributed by atoms with van der Waals surface area (Å²) in [5.41, 5.74) is -1.27. The first-order valence-electron chi connectivity index (χ1n) is 6.27. The minimum absolute atomic E-state index is 0.0813. The number of rotatable bonds is 7. The van der Waals surface area contributed by atoms with Gasteiger partial charge in [0.1, 0.15) is 11.4 Å². The first-order valence-corrected chi connectivity index (χ1v) is 6.27. The molecule has 1 aromatic rings. The number of carboxylic acids is 1. The fourth-order valence-electron chi connectivity index (χ4n) is 2.02. The number of nitro groups is 1. The molecule has 0 atom stereocenters. The molecule has 0 radical (unpaired) electrons. The average molecular weight is 284 g/mol. The van der Waals surface area contributed by atoms with Gasteiger partial charge in [-0.15, -0.1) is 0 Å². The van der Waals surface area contributed by atoms with E-state index in [0.717, 1.165) is 18.2 Å². The van der Waals surface area contributed by atoms with E-state index in [-0.39, 0.29) is 17.8 Å². The van der Waals surface area contributed by atoms with Crippen LogP contribution in [-0.2, 0) is 11.3 Å². The summed E-state index contributed by atoms with van der Waals surface area (Å²) in [6.45, 7) is 3.34. The van der Waals surface area contributed by atoms with Crippen LogP contribution in [0.3, 0.4) is 0 Å². The van der Waals surface area contributed by atoms with Crippen molar-refractivity contribution >= 4 is 11.7 Å². The van der Waals surface area contributed by atoms with Crippen molar-refractivity contribution in [1.29, 1.82) is 0 Å². The number of benzene rings is 1. The molecule has 2 N–H and O–H groups in total. The summed E-state index contributed by atoms with van der Waals surface area (Å²) in [4.78, 5) is 21.6. The summed E-state index contributed by atoms with van der Waals surface area (Å²) in [5, 5.41) is 22.9. The molecule has 1 aromatic carbocycles. The molecule has 0 aliphatic heterocycles. The molecular weight excluding hydrogens is 267 g/mol. The lowest BCUT2D eigenvalue weighted by Crippen LogP contribution is -2.50. The van der Waals surface area contributed by atoms with Gasteiger partial charge >= 0.3 is 5.97 Å². The highest BCUT2D eigenvalue weighted by Gasteiger charge is 2.34. The van der Waals surface area contributed by atoms with E-state index >= 15 is 0 Å². The summed E-state index contributed by atoms with van der Waals surface area (Å²) >= 11 is 0. The highest BCUT2D eigenvalue weighted by atomic mass is 19.1. The van der Waals surface area contributed by atoms with Crippen LogP contribution < -0.4 is 5.32 Å². The maximum atomic E-state index is 13.2. The van der Waals surface area contributed by atoms with Crippen molar-refractivity contribution in [2.24, 2.45) is 0 Å². The number of nitrogens with one attached hydrogen (secondary N) is 1. The van der Waals surface area contributed by atoms with Gasteiger partial charge in [-0.3, -0.25) is 20.2 Å². The number of aliphatic carboxylic acids is 1. The molecule has 0 aromatic heterocycles. The number of carbonyl (C=O) groups is 1. The van der Waals surface area contributed by atoms with Crippen LogP contribution in [0, 0.1) is 15.9 Å². The lowest BCUT2D eigenvalue weighted by atomic mass is 9.92. The molecule has 110 valence electrons. The van der Waals surface area contributed by atoms with Gasteiger partial charge in [-0.1, -0.05) is 13.8 Å². The van der Waals surface area contributed by atoms with Crippen molar-refractivity contribution in [3.05, 3.63) is 39.7 Å². The fourth-order valence-corrected chi connectivity index (χ4v) is 2.02. The fraction of sp³-hybridized carbons (Fsp3) is 0.462. The molecule has 20 heavy (non-hydrogen) atoms. The van der Waals surface area contributed by atoms with Crippen LogP contribution in [0.5, 0.6) is 0 Å². The summed E-state index contributed by atoms with van der Waals surface area (Å²) in [6.07, 6.45) is 0.643. The molecule has 1 rings (SSSR count). The van der Waals surface area contributed by atoms with Crippen molar-refractivity contribution in [2.45, 2.75) is 38.8 Å². The molecule has 0 fully saturated rings. The molecule has 0 amide bonds. The third kappa shape index (κ3) is 3.30. The maximum Gasteiger partial charge on any atom is 0.323 e. The summed E-state index contributed by atoms with van der Waals surface area (Å²) in [6, 6.07) is 3.13. The minimum Gasteiger partial charge on any atom is -0.480 e. The Morgan fingerprint density at radius 3 is 2.50 bits per heavy atom. The topological polar surface area (TPSA) is 92.5 Å². The summed E-state index contributed by atoms with van der Waals surface area (Å²) in [5.74, 6) is -1.62. The molecule has 0 aliphatic carbocycles. The van der Waals surface area contributed by atoms with Gasteiger partial charge in [-0.25, -0.2) is 4.39 Å². The van der Waals surface area contributed by atoms with E-state index in [1.54, 1.807) is 13.8 Å². The van der Waals surface area contributed by atoms with Gasteiger partial charge in [0.2, 0.25) is 0 Å². The highest BCUT2D eigenvalue weighted by molar-refractivity contribution is 5.78. The molecule has 7 heteroatoms. The van der Waals surface area contributed by atoms with Crippen LogP contribution >= 0.6 is 0 Å². The number of carboxylic acid groups (broad SMARTS) is 1. The highest BCUT2D eigenvalue weighted by Crippen LogP contribution is 2.22. The third-order valence-electron chi connectivity index (χ3n) is 3.47. The van der Waals surface area contributed by atoms with E-state index in [4.69, 9.17) is 0 Å². The molecule has 0 aliphatic rings. The Bertz CT molecular complexity index is 515. The Labute approximate surface area is 115 Å². The number of hydrogen-bond donors (Lipinski definition) is 2. The molecule has 0 saturated carbocycles. The van der Waals surface area contributed by atoms with Crippen LogP contribution in [-0.4, -0.2) is 21.5 Å². The zero-order valence-corrected chi connectivity index (χ0v) is 11.4. The van der Waals surface area contributed by atoms with Crippen LogP contribution in [0.25, 0.3) is 0 Å².